The minimum Gasteiger partial charge on any atom is -0.496 e. The number of carbonyl (C=O) groups excluding carboxylic acids is 1. The van der Waals surface area contributed by atoms with Gasteiger partial charge in [0.2, 0.25) is 0 Å². The van der Waals surface area contributed by atoms with E-state index >= 15 is 0 Å². The number of methoxy groups -OCH3 is 1. The monoisotopic (exact) mass is 345 g/mol. The number of hydrogen-bond acceptors (Lipinski definition) is 5. The van der Waals surface area contributed by atoms with Crippen molar-refractivity contribution in [3.05, 3.63) is 52.9 Å². The summed E-state index contributed by atoms with van der Waals surface area (Å²) in [6, 6.07) is 5.79. The van der Waals surface area contributed by atoms with Crippen LogP contribution in [0.25, 0.3) is 0 Å². The first-order valence-corrected chi connectivity index (χ1v) is 8.04. The highest BCUT2D eigenvalue weighted by Crippen LogP contribution is 2.25. The van der Waals surface area contributed by atoms with Crippen molar-refractivity contribution < 1.29 is 18.7 Å². The Bertz CT molecular complexity index is 777. The normalized spacial score (nSPS) is 17.4. The Hall–Kier alpha value is -2.54. The van der Waals surface area contributed by atoms with Crippen LogP contribution in [0.3, 0.4) is 0 Å². The second-order valence-electron chi connectivity index (χ2n) is 5.96. The fraction of sp³-hybridized carbons (Fsp3) is 0.389. The number of carbonyl (C=O) groups is 1. The van der Waals surface area contributed by atoms with E-state index in [9.17, 15) is 9.18 Å². The molecule has 2 heterocycles. The van der Waals surface area contributed by atoms with Gasteiger partial charge in [0, 0.05) is 17.9 Å². The first-order valence-electron chi connectivity index (χ1n) is 8.04. The Morgan fingerprint density at radius 2 is 2.00 bits per heavy atom. The van der Waals surface area contributed by atoms with Crippen LogP contribution < -0.4 is 4.74 Å². The molecule has 0 bridgehead atoms. The van der Waals surface area contributed by atoms with Crippen LogP contribution in [0.4, 0.5) is 4.39 Å². The fourth-order valence-corrected chi connectivity index (χ4v) is 2.90. The number of halogens is 1. The maximum absolute atomic E-state index is 13.6. The molecule has 0 unspecified atom stereocenters. The highest BCUT2D eigenvalue weighted by Gasteiger charge is 2.29. The van der Waals surface area contributed by atoms with Crippen molar-refractivity contribution >= 4 is 5.91 Å². The SMILES string of the molecule is COc1ccc(F)cc1C(=O)N1CCO[C@H](c2nc(C)cc(C)n2)C1. The molecule has 1 atom stereocenters. The van der Waals surface area contributed by atoms with Crippen molar-refractivity contribution in [2.45, 2.75) is 20.0 Å². The molecule has 0 aliphatic carbocycles. The third-order valence-corrected chi connectivity index (χ3v) is 4.03. The molecule has 7 heteroatoms. The lowest BCUT2D eigenvalue weighted by Gasteiger charge is -2.32. The van der Waals surface area contributed by atoms with Crippen molar-refractivity contribution in [1.29, 1.82) is 0 Å². The molecule has 1 aliphatic rings. The summed E-state index contributed by atoms with van der Waals surface area (Å²) in [6.07, 6.45) is -0.407. The number of hydrogen-bond donors (Lipinski definition) is 0. The number of nitrogens with zero attached hydrogens (tertiary/aromatic N) is 3. The molecule has 1 aromatic heterocycles. The van der Waals surface area contributed by atoms with Crippen LogP contribution in [0.2, 0.25) is 0 Å². The van der Waals surface area contributed by atoms with Crippen LogP contribution in [0.1, 0.15) is 33.7 Å². The van der Waals surface area contributed by atoms with Gasteiger partial charge in [-0.15, -0.1) is 0 Å². The number of ether oxygens (including phenoxy) is 2. The molecule has 1 fully saturated rings. The van der Waals surface area contributed by atoms with Crippen molar-refractivity contribution in [3.63, 3.8) is 0 Å². The molecule has 3 rings (SSSR count). The van der Waals surface area contributed by atoms with Gasteiger partial charge in [-0.25, -0.2) is 14.4 Å². The summed E-state index contributed by atoms with van der Waals surface area (Å²) in [5.41, 5.74) is 1.90. The van der Waals surface area contributed by atoms with Crippen molar-refractivity contribution in [2.75, 3.05) is 26.8 Å². The summed E-state index contributed by atoms with van der Waals surface area (Å²) in [4.78, 5) is 23.3. The second-order valence-corrected chi connectivity index (χ2v) is 5.96. The zero-order valence-electron chi connectivity index (χ0n) is 14.5. The molecule has 0 N–H and O–H groups in total. The topological polar surface area (TPSA) is 64.5 Å². The molecule has 132 valence electrons. The molecular weight excluding hydrogens is 325 g/mol. The lowest BCUT2D eigenvalue weighted by molar-refractivity contribution is -0.0270. The van der Waals surface area contributed by atoms with Gasteiger partial charge in [0.1, 0.15) is 17.7 Å². The van der Waals surface area contributed by atoms with Gasteiger partial charge in [-0.1, -0.05) is 0 Å². The average molecular weight is 345 g/mol. The zero-order valence-corrected chi connectivity index (χ0v) is 14.5. The van der Waals surface area contributed by atoms with Gasteiger partial charge in [0.15, 0.2) is 5.82 Å². The Morgan fingerprint density at radius 1 is 1.28 bits per heavy atom. The number of amides is 1. The number of benzene rings is 1. The second kappa shape index (κ2) is 7.14. The van der Waals surface area contributed by atoms with E-state index in [2.05, 4.69) is 9.97 Å². The molecule has 1 aromatic carbocycles. The lowest BCUT2D eigenvalue weighted by atomic mass is 10.1. The van der Waals surface area contributed by atoms with Crippen LogP contribution in [-0.4, -0.2) is 47.6 Å². The number of rotatable bonds is 3. The van der Waals surface area contributed by atoms with Crippen LogP contribution in [0.15, 0.2) is 24.3 Å². The van der Waals surface area contributed by atoms with E-state index in [-0.39, 0.29) is 11.5 Å². The molecule has 1 saturated heterocycles. The van der Waals surface area contributed by atoms with E-state index in [0.717, 1.165) is 11.4 Å². The molecule has 0 radical (unpaired) electrons. The molecule has 2 aromatic rings. The van der Waals surface area contributed by atoms with Crippen LogP contribution in [0.5, 0.6) is 5.75 Å². The average Bonchev–Trinajstić information content (AvgIpc) is 2.60. The van der Waals surface area contributed by atoms with Crippen LogP contribution in [0, 0.1) is 19.7 Å². The van der Waals surface area contributed by atoms with Crippen LogP contribution >= 0.6 is 0 Å². The predicted octanol–water partition coefficient (Wildman–Crippen LogP) is 2.45. The summed E-state index contributed by atoms with van der Waals surface area (Å²) in [7, 11) is 1.45. The molecule has 1 aliphatic heterocycles. The number of morpholine rings is 1. The standard InChI is InChI=1S/C18H20FN3O3/c1-11-8-12(2)21-17(20-11)16-10-22(6-7-25-16)18(23)14-9-13(19)4-5-15(14)24-3/h4-5,8-9,16H,6-7,10H2,1-3H3/t16-/m0/s1. The summed E-state index contributed by atoms with van der Waals surface area (Å²) >= 11 is 0. The van der Waals surface area contributed by atoms with Gasteiger partial charge in [0.05, 0.1) is 25.8 Å². The highest BCUT2D eigenvalue weighted by molar-refractivity contribution is 5.97. The Balaban J connectivity index is 1.84. The molecule has 25 heavy (non-hydrogen) atoms. The molecule has 6 nitrogen and oxygen atoms in total. The zero-order chi connectivity index (χ0) is 18.0. The predicted molar refractivity (Wildman–Crippen MR) is 89.1 cm³/mol. The van der Waals surface area contributed by atoms with Gasteiger partial charge >= 0.3 is 0 Å². The van der Waals surface area contributed by atoms with Crippen LogP contribution in [-0.2, 0) is 4.74 Å². The van der Waals surface area contributed by atoms with Crippen molar-refractivity contribution in [1.82, 2.24) is 14.9 Å². The molecule has 1 amide bonds. The lowest BCUT2D eigenvalue weighted by Crippen LogP contribution is -2.42. The van der Waals surface area contributed by atoms with E-state index < -0.39 is 11.9 Å². The Morgan fingerprint density at radius 3 is 2.68 bits per heavy atom. The number of aryl methyl sites for hydroxylation is 2. The minimum atomic E-state index is -0.480. The largest absolute Gasteiger partial charge is 0.496 e. The maximum atomic E-state index is 13.6. The van der Waals surface area contributed by atoms with Gasteiger partial charge in [-0.3, -0.25) is 4.79 Å². The summed E-state index contributed by atoms with van der Waals surface area (Å²) in [5.74, 6) is 0.124. The van der Waals surface area contributed by atoms with Crippen molar-refractivity contribution in [2.24, 2.45) is 0 Å². The van der Waals surface area contributed by atoms with Gasteiger partial charge in [-0.05, 0) is 38.1 Å². The smallest absolute Gasteiger partial charge is 0.257 e. The number of aromatic nitrogens is 2. The maximum Gasteiger partial charge on any atom is 0.257 e. The third kappa shape index (κ3) is 3.76. The molecule has 0 spiro atoms. The van der Waals surface area contributed by atoms with Gasteiger partial charge in [-0.2, -0.15) is 0 Å². The highest BCUT2D eigenvalue weighted by atomic mass is 19.1. The Labute approximate surface area is 145 Å². The van der Waals surface area contributed by atoms with Crippen molar-refractivity contribution in [3.8, 4) is 5.75 Å². The summed E-state index contributed by atoms with van der Waals surface area (Å²) < 4.78 is 24.5. The third-order valence-electron chi connectivity index (χ3n) is 4.03. The summed E-state index contributed by atoms with van der Waals surface area (Å²) in [6.45, 7) is 4.87. The van der Waals surface area contributed by atoms with E-state index in [0.29, 0.717) is 31.3 Å². The molecule has 0 saturated carbocycles. The first kappa shape index (κ1) is 17.3. The molecular formula is C18H20FN3O3. The van der Waals surface area contributed by atoms with E-state index in [1.165, 1.54) is 25.3 Å². The Kier molecular flexibility index (Phi) is 4.94. The van der Waals surface area contributed by atoms with E-state index in [1.54, 1.807) is 4.90 Å². The van der Waals surface area contributed by atoms with E-state index in [4.69, 9.17) is 9.47 Å². The quantitative estimate of drug-likeness (QED) is 0.855. The van der Waals surface area contributed by atoms with Gasteiger partial charge in [0.25, 0.3) is 5.91 Å². The summed E-state index contributed by atoms with van der Waals surface area (Å²) in [5, 5.41) is 0. The first-order chi connectivity index (χ1) is 12.0. The van der Waals surface area contributed by atoms with Gasteiger partial charge < -0.3 is 14.4 Å². The minimum absolute atomic E-state index is 0.199. The fourth-order valence-electron chi connectivity index (χ4n) is 2.90. The van der Waals surface area contributed by atoms with E-state index in [1.807, 2.05) is 19.9 Å².